The van der Waals surface area contributed by atoms with Gasteiger partial charge < -0.3 is 13.4 Å². The summed E-state index contributed by atoms with van der Waals surface area (Å²) in [7, 11) is -1.86. The van der Waals surface area contributed by atoms with Crippen LogP contribution >= 0.6 is 16.3 Å². The molecule has 1 aromatic carbocycles. The molecule has 0 amide bonds. The molecule has 0 N–H and O–H groups in total. The van der Waals surface area contributed by atoms with Crippen molar-refractivity contribution in [3.05, 3.63) is 29.8 Å². The maximum Gasteiger partial charge on any atom is 1.00 e. The van der Waals surface area contributed by atoms with Crippen molar-refractivity contribution in [2.24, 2.45) is 0 Å². The number of hydrogen-bond acceptors (Lipinski definition) is 5. The molecule has 0 unspecified atom stereocenters. The second kappa shape index (κ2) is 7.71. The van der Waals surface area contributed by atoms with Gasteiger partial charge in [-0.15, -0.1) is 0 Å². The molecule has 0 saturated heterocycles. The molecule has 1 rings (SSSR count). The molecule has 16 heavy (non-hydrogen) atoms. The zero-order valence-corrected chi connectivity index (χ0v) is 9.77. The summed E-state index contributed by atoms with van der Waals surface area (Å²) in [6, 6.07) is 5.53. The SMILES string of the molecule is O=C(OF)c1ccccc1OB([O-])OBr.[Li+]. The zero-order chi connectivity index (χ0) is 11.3. The quantitative estimate of drug-likeness (QED) is 0.586. The molecule has 0 spiro atoms. The van der Waals surface area contributed by atoms with Crippen LogP contribution in [-0.4, -0.2) is 13.3 Å². The third kappa shape index (κ3) is 4.16. The molecule has 0 atom stereocenters. The van der Waals surface area contributed by atoms with E-state index in [0.717, 1.165) is 0 Å². The number of carbonyl (C=O) groups excluding carboxylic acids is 1. The molecule has 0 bridgehead atoms. The van der Waals surface area contributed by atoms with Crippen molar-refractivity contribution in [1.29, 1.82) is 0 Å². The minimum atomic E-state index is -1.86. The fourth-order valence-corrected chi connectivity index (χ4v) is 0.978. The third-order valence-electron chi connectivity index (χ3n) is 1.47. The van der Waals surface area contributed by atoms with Crippen molar-refractivity contribution in [1.82, 2.24) is 0 Å². The van der Waals surface area contributed by atoms with Gasteiger partial charge in [0.1, 0.15) is 11.3 Å². The molecule has 0 aliphatic carbocycles. The fraction of sp³-hybridized carbons (Fsp3) is 0. The molecule has 0 fully saturated rings. The summed E-state index contributed by atoms with van der Waals surface area (Å²) in [5.41, 5.74) is -0.203. The minimum Gasteiger partial charge on any atom is -0.819 e. The summed E-state index contributed by atoms with van der Waals surface area (Å²) in [4.78, 5) is 13.9. The minimum absolute atomic E-state index is 0. The van der Waals surface area contributed by atoms with Gasteiger partial charge in [-0.3, -0.25) is 0 Å². The number of benzene rings is 1. The van der Waals surface area contributed by atoms with E-state index in [0.29, 0.717) is 0 Å². The molecular weight excluding hydrogens is 281 g/mol. The Hall–Kier alpha value is -0.518. The van der Waals surface area contributed by atoms with Gasteiger partial charge in [0.25, 0.3) is 0 Å². The van der Waals surface area contributed by atoms with Gasteiger partial charge in [-0.2, -0.15) is 0 Å². The van der Waals surface area contributed by atoms with Crippen molar-refractivity contribution in [3.63, 3.8) is 0 Å². The predicted molar refractivity (Wildman–Crippen MR) is 49.4 cm³/mol. The van der Waals surface area contributed by atoms with Crippen LogP contribution in [0.4, 0.5) is 4.53 Å². The second-order valence-electron chi connectivity index (χ2n) is 2.36. The Balaban J connectivity index is 0.00000225. The monoisotopic (exact) mass is 284 g/mol. The molecule has 0 aliphatic rings. The predicted octanol–water partition coefficient (Wildman–Crippen LogP) is -2.22. The van der Waals surface area contributed by atoms with Crippen LogP contribution in [0.25, 0.3) is 0 Å². The van der Waals surface area contributed by atoms with E-state index in [1.807, 2.05) is 0 Å². The van der Waals surface area contributed by atoms with Crippen molar-refractivity contribution < 1.29 is 46.5 Å². The molecule has 9 heteroatoms. The number of para-hydroxylation sites is 1. The van der Waals surface area contributed by atoms with E-state index in [1.165, 1.54) is 24.3 Å². The Morgan fingerprint density at radius 3 is 2.62 bits per heavy atom. The van der Waals surface area contributed by atoms with Gasteiger partial charge >= 0.3 is 32.2 Å². The van der Waals surface area contributed by atoms with Gasteiger partial charge in [0, 0.05) is 4.53 Å². The van der Waals surface area contributed by atoms with Crippen LogP contribution in [0.5, 0.6) is 5.75 Å². The number of carbonyl (C=O) groups is 1. The van der Waals surface area contributed by atoms with Crippen molar-refractivity contribution >= 4 is 29.5 Å². The van der Waals surface area contributed by atoms with Gasteiger partial charge in [-0.1, -0.05) is 12.1 Å². The summed E-state index contributed by atoms with van der Waals surface area (Å²) < 4.78 is 20.4. The largest absolute Gasteiger partial charge is 1.00 e. The average Bonchev–Trinajstić information content (AvgIpc) is 2.28. The molecule has 0 heterocycles. The second-order valence-corrected chi connectivity index (χ2v) is 2.73. The van der Waals surface area contributed by atoms with Crippen LogP contribution in [-0.2, 0) is 8.69 Å². The van der Waals surface area contributed by atoms with Crippen LogP contribution in [0.2, 0.25) is 0 Å². The maximum absolute atomic E-state index is 11.6. The Morgan fingerprint density at radius 2 is 2.06 bits per heavy atom. The maximum atomic E-state index is 11.6. The Kier molecular flexibility index (Phi) is 7.46. The molecule has 5 nitrogen and oxygen atoms in total. The van der Waals surface area contributed by atoms with Crippen molar-refractivity contribution in [3.8, 4) is 5.75 Å². The molecule has 1 aromatic rings. The van der Waals surface area contributed by atoms with Gasteiger partial charge in [0.2, 0.25) is 0 Å². The summed E-state index contributed by atoms with van der Waals surface area (Å²) in [5, 5.41) is 10.8. The molecule has 0 radical (unpaired) electrons. The third-order valence-corrected chi connectivity index (χ3v) is 1.78. The summed E-state index contributed by atoms with van der Waals surface area (Å²) >= 11 is 2.42. The van der Waals surface area contributed by atoms with Crippen molar-refractivity contribution in [2.45, 2.75) is 0 Å². The summed E-state index contributed by atoms with van der Waals surface area (Å²) in [6.45, 7) is 0. The van der Waals surface area contributed by atoms with Gasteiger partial charge in [0.15, 0.2) is 0 Å². The first kappa shape index (κ1) is 15.5. The Morgan fingerprint density at radius 1 is 1.44 bits per heavy atom. The number of halogens is 2. The Bertz CT molecular complexity index is 355. The number of hydrogen-bond donors (Lipinski definition) is 0. The first-order valence-corrected chi connectivity index (χ1v) is 4.35. The Labute approximate surface area is 112 Å². The van der Waals surface area contributed by atoms with Crippen LogP contribution in [0.1, 0.15) is 10.4 Å². The van der Waals surface area contributed by atoms with E-state index in [2.05, 4.69) is 29.6 Å². The first-order chi connectivity index (χ1) is 7.19. The first-order valence-electron chi connectivity index (χ1n) is 3.71. The van der Waals surface area contributed by atoms with Crippen LogP contribution < -0.4 is 28.5 Å². The van der Waals surface area contributed by atoms with E-state index in [4.69, 9.17) is 0 Å². The number of rotatable bonds is 4. The molecule has 0 aliphatic heterocycles. The molecule has 0 aromatic heterocycles. The molecule has 80 valence electrons. The van der Waals surface area contributed by atoms with Crippen LogP contribution in [0.15, 0.2) is 24.3 Å². The van der Waals surface area contributed by atoms with E-state index in [-0.39, 0.29) is 30.2 Å². The van der Waals surface area contributed by atoms with Gasteiger partial charge in [0.05, 0.1) is 16.3 Å². The van der Waals surface area contributed by atoms with E-state index in [9.17, 15) is 14.3 Å². The van der Waals surface area contributed by atoms with Gasteiger partial charge in [-0.25, -0.2) is 9.74 Å². The normalized spacial score (nSPS) is 8.94. The summed E-state index contributed by atoms with van der Waals surface area (Å²) in [6.07, 6.45) is 0. The molecule has 0 saturated carbocycles. The van der Waals surface area contributed by atoms with E-state index < -0.39 is 13.3 Å². The smallest absolute Gasteiger partial charge is 0.819 e. The van der Waals surface area contributed by atoms with Gasteiger partial charge in [-0.05, 0) is 12.1 Å². The van der Waals surface area contributed by atoms with Crippen LogP contribution in [0.3, 0.4) is 0 Å². The molecular formula is C7H4BBrFLiO5. The van der Waals surface area contributed by atoms with E-state index >= 15 is 0 Å². The zero-order valence-electron chi connectivity index (χ0n) is 8.18. The van der Waals surface area contributed by atoms with Crippen LogP contribution in [0, 0.1) is 0 Å². The standard InChI is InChI=1S/C7H4BBrFO5.Li/c9-15-8(12)13-6-4-2-1-3-5(6)7(11)14-10;/h1-4H;/q-1;+1. The fourth-order valence-electron chi connectivity index (χ4n) is 0.901. The van der Waals surface area contributed by atoms with Crippen molar-refractivity contribution in [2.75, 3.05) is 0 Å². The average molecular weight is 285 g/mol. The van der Waals surface area contributed by atoms with E-state index in [1.54, 1.807) is 0 Å². The summed E-state index contributed by atoms with van der Waals surface area (Å²) in [5.74, 6) is -1.37. The topological polar surface area (TPSA) is 67.8 Å².